The normalized spacial score (nSPS) is 27.4. The third-order valence-electron chi connectivity index (χ3n) is 3.77. The van der Waals surface area contributed by atoms with Gasteiger partial charge in [-0.1, -0.05) is 22.0 Å². The zero-order chi connectivity index (χ0) is 13.4. The Morgan fingerprint density at radius 3 is 3.05 bits per heavy atom. The maximum absolute atomic E-state index is 11.3. The van der Waals surface area contributed by atoms with Gasteiger partial charge in [0.1, 0.15) is 5.75 Å². The summed E-state index contributed by atoms with van der Waals surface area (Å²) in [5, 5.41) is 2.84. The first-order valence-electron chi connectivity index (χ1n) is 6.47. The maximum Gasteiger partial charge on any atom is 0.262 e. The molecule has 3 rings (SSSR count). The first-order valence-corrected chi connectivity index (χ1v) is 7.39. The number of benzene rings is 1. The van der Waals surface area contributed by atoms with Crippen LogP contribution in [0.25, 0.3) is 0 Å². The van der Waals surface area contributed by atoms with Crippen LogP contribution in [0.1, 0.15) is 23.7 Å². The summed E-state index contributed by atoms with van der Waals surface area (Å²) < 4.78 is 11.0. The number of hydrogen-bond acceptors (Lipinski definition) is 3. The van der Waals surface area contributed by atoms with E-state index in [4.69, 9.17) is 9.47 Å². The Bertz CT molecular complexity index is 505. The van der Waals surface area contributed by atoms with Gasteiger partial charge in [0.2, 0.25) is 0 Å². The Hall–Kier alpha value is -1.07. The van der Waals surface area contributed by atoms with Crippen molar-refractivity contribution >= 4 is 27.5 Å². The van der Waals surface area contributed by atoms with Crippen LogP contribution in [-0.2, 0) is 9.53 Å². The van der Waals surface area contributed by atoms with Crippen molar-refractivity contribution < 1.29 is 14.3 Å². The molecular formula is C14H16BrNO3. The van der Waals surface area contributed by atoms with E-state index in [0.717, 1.165) is 30.0 Å². The zero-order valence-corrected chi connectivity index (χ0v) is 12.3. The molecule has 1 aromatic carbocycles. The summed E-state index contributed by atoms with van der Waals surface area (Å²) in [6, 6.07) is 5.94. The van der Waals surface area contributed by atoms with E-state index in [0.29, 0.717) is 5.92 Å². The van der Waals surface area contributed by atoms with Gasteiger partial charge in [-0.25, -0.2) is 0 Å². The molecular weight excluding hydrogens is 310 g/mol. The molecule has 0 radical (unpaired) electrons. The minimum atomic E-state index is -0.103. The van der Waals surface area contributed by atoms with Crippen LogP contribution in [0.2, 0.25) is 0 Å². The molecule has 5 heteroatoms. The molecule has 3 unspecified atom stereocenters. The van der Waals surface area contributed by atoms with E-state index in [-0.39, 0.29) is 23.4 Å². The number of hydrogen-bond donors (Lipinski definition) is 1. The Kier molecular flexibility index (Phi) is 3.50. The van der Waals surface area contributed by atoms with Crippen molar-refractivity contribution in [3.63, 3.8) is 0 Å². The third kappa shape index (κ3) is 2.49. The Labute approximate surface area is 120 Å². The first kappa shape index (κ1) is 12.9. The summed E-state index contributed by atoms with van der Waals surface area (Å²) in [7, 11) is 0. The summed E-state index contributed by atoms with van der Waals surface area (Å²) >= 11 is 3.76. The van der Waals surface area contributed by atoms with Gasteiger partial charge in [0.05, 0.1) is 11.8 Å². The van der Waals surface area contributed by atoms with Crippen LogP contribution < -0.4 is 10.1 Å². The number of alkyl halides is 1. The average molecular weight is 326 g/mol. The highest BCUT2D eigenvalue weighted by atomic mass is 79.9. The second-order valence-electron chi connectivity index (χ2n) is 5.02. The molecule has 2 aliphatic heterocycles. The van der Waals surface area contributed by atoms with Gasteiger partial charge in [-0.3, -0.25) is 4.79 Å². The summed E-state index contributed by atoms with van der Waals surface area (Å²) in [6.45, 7) is 3.02. The number of anilines is 1. The predicted octanol–water partition coefficient (Wildman–Crippen LogP) is 2.88. The monoisotopic (exact) mass is 325 g/mol. The molecule has 0 spiro atoms. The van der Waals surface area contributed by atoms with Crippen molar-refractivity contribution in [2.75, 3.05) is 18.5 Å². The van der Waals surface area contributed by atoms with E-state index in [1.165, 1.54) is 0 Å². The molecule has 1 aromatic rings. The number of fused-ring (bicyclic) bond motifs is 1. The molecule has 2 aliphatic rings. The van der Waals surface area contributed by atoms with Gasteiger partial charge < -0.3 is 14.8 Å². The minimum Gasteiger partial charge on any atom is -0.482 e. The van der Waals surface area contributed by atoms with Crippen LogP contribution in [0.15, 0.2) is 18.2 Å². The van der Waals surface area contributed by atoms with Crippen LogP contribution in [0.3, 0.4) is 0 Å². The number of ether oxygens (including phenoxy) is 2. The fourth-order valence-electron chi connectivity index (χ4n) is 2.65. The molecule has 2 heterocycles. The molecule has 4 nitrogen and oxygen atoms in total. The van der Waals surface area contributed by atoms with Crippen molar-refractivity contribution in [1.82, 2.24) is 0 Å². The van der Waals surface area contributed by atoms with Gasteiger partial charge in [0.15, 0.2) is 6.61 Å². The fourth-order valence-corrected chi connectivity index (χ4v) is 3.63. The molecule has 3 atom stereocenters. The van der Waals surface area contributed by atoms with Gasteiger partial charge in [0.25, 0.3) is 5.91 Å². The van der Waals surface area contributed by atoms with Crippen molar-refractivity contribution in [3.8, 4) is 5.75 Å². The van der Waals surface area contributed by atoms with E-state index in [2.05, 4.69) is 28.2 Å². The van der Waals surface area contributed by atoms with Gasteiger partial charge in [-0.15, -0.1) is 0 Å². The van der Waals surface area contributed by atoms with Gasteiger partial charge in [-0.05, 0) is 31.0 Å². The zero-order valence-electron chi connectivity index (χ0n) is 10.7. The molecule has 0 aromatic heterocycles. The van der Waals surface area contributed by atoms with Crippen molar-refractivity contribution in [2.24, 2.45) is 5.92 Å². The number of halogens is 1. The average Bonchev–Trinajstić information content (AvgIpc) is 2.83. The van der Waals surface area contributed by atoms with Gasteiger partial charge in [0, 0.05) is 17.4 Å². The number of rotatable bonds is 2. The van der Waals surface area contributed by atoms with Crippen LogP contribution in [0.4, 0.5) is 5.69 Å². The van der Waals surface area contributed by atoms with Crippen LogP contribution in [0.5, 0.6) is 5.75 Å². The predicted molar refractivity (Wildman–Crippen MR) is 75.8 cm³/mol. The van der Waals surface area contributed by atoms with Crippen LogP contribution >= 0.6 is 15.9 Å². The fraction of sp³-hybridized carbons (Fsp3) is 0.500. The quantitative estimate of drug-likeness (QED) is 0.850. The van der Waals surface area contributed by atoms with E-state index in [1.54, 1.807) is 0 Å². The lowest BCUT2D eigenvalue weighted by molar-refractivity contribution is -0.118. The minimum absolute atomic E-state index is 0.0948. The van der Waals surface area contributed by atoms with E-state index >= 15 is 0 Å². The maximum atomic E-state index is 11.3. The largest absolute Gasteiger partial charge is 0.482 e. The molecule has 0 aliphatic carbocycles. The highest BCUT2D eigenvalue weighted by molar-refractivity contribution is 9.09. The highest BCUT2D eigenvalue weighted by Gasteiger charge is 2.31. The molecule has 1 fully saturated rings. The third-order valence-corrected chi connectivity index (χ3v) is 4.97. The number of amides is 1. The van der Waals surface area contributed by atoms with Crippen LogP contribution in [0, 0.1) is 5.92 Å². The lowest BCUT2D eigenvalue weighted by Gasteiger charge is -2.23. The molecule has 1 amide bonds. The SMILES string of the molecule is CC1OCCC1C(Br)c1ccc2c(c1)NC(=O)CO2. The molecule has 0 saturated carbocycles. The molecule has 1 N–H and O–H groups in total. The first-order chi connectivity index (χ1) is 9.15. The topological polar surface area (TPSA) is 47.6 Å². The number of carbonyl (C=O) groups excluding carboxylic acids is 1. The van der Waals surface area contributed by atoms with E-state index in [9.17, 15) is 4.79 Å². The van der Waals surface area contributed by atoms with Gasteiger partial charge in [-0.2, -0.15) is 0 Å². The summed E-state index contributed by atoms with van der Waals surface area (Å²) in [6.07, 6.45) is 1.31. The van der Waals surface area contributed by atoms with Crippen molar-refractivity contribution in [2.45, 2.75) is 24.3 Å². The summed E-state index contributed by atoms with van der Waals surface area (Å²) in [5.74, 6) is 1.09. The molecule has 102 valence electrons. The Balaban J connectivity index is 1.85. The smallest absolute Gasteiger partial charge is 0.262 e. The summed E-state index contributed by atoms with van der Waals surface area (Å²) in [5.41, 5.74) is 1.90. The second-order valence-corrected chi connectivity index (χ2v) is 6.01. The molecule has 0 bridgehead atoms. The lowest BCUT2D eigenvalue weighted by Crippen LogP contribution is -2.25. The second kappa shape index (κ2) is 5.13. The Morgan fingerprint density at radius 2 is 2.32 bits per heavy atom. The van der Waals surface area contributed by atoms with Crippen molar-refractivity contribution in [3.05, 3.63) is 23.8 Å². The highest BCUT2D eigenvalue weighted by Crippen LogP contribution is 2.41. The lowest BCUT2D eigenvalue weighted by atomic mass is 9.93. The number of nitrogens with one attached hydrogen (secondary N) is 1. The molecule has 19 heavy (non-hydrogen) atoms. The van der Waals surface area contributed by atoms with Crippen molar-refractivity contribution in [1.29, 1.82) is 0 Å². The standard InChI is InChI=1S/C14H16BrNO3/c1-8-10(4-5-18-8)14(15)9-2-3-12-11(6-9)16-13(17)7-19-12/h2-3,6,8,10,14H,4-5,7H2,1H3,(H,16,17). The molecule has 1 saturated heterocycles. The van der Waals surface area contributed by atoms with E-state index in [1.807, 2.05) is 18.2 Å². The Morgan fingerprint density at radius 1 is 1.47 bits per heavy atom. The number of carbonyl (C=O) groups is 1. The van der Waals surface area contributed by atoms with E-state index < -0.39 is 0 Å². The summed E-state index contributed by atoms with van der Waals surface area (Å²) in [4.78, 5) is 11.6. The van der Waals surface area contributed by atoms with Crippen LogP contribution in [-0.4, -0.2) is 25.2 Å². The van der Waals surface area contributed by atoms with Gasteiger partial charge >= 0.3 is 0 Å².